The Morgan fingerprint density at radius 2 is 1.58 bits per heavy atom. The molecule has 2 heteroatoms. The highest BCUT2D eigenvalue weighted by Gasteiger charge is 2.35. The Balaban J connectivity index is 1.87. The van der Waals surface area contributed by atoms with Crippen molar-refractivity contribution >= 4 is 12.6 Å². The summed E-state index contributed by atoms with van der Waals surface area (Å²) in [6.07, 6.45) is 12.7. The Morgan fingerprint density at radius 3 is 2.11 bits per heavy atom. The first-order valence-electron chi connectivity index (χ1n) is 8.28. The molecule has 2 aliphatic carbocycles. The van der Waals surface area contributed by atoms with E-state index in [-0.39, 0.29) is 0 Å². The molecule has 0 unspecified atom stereocenters. The molecule has 0 aromatic rings. The predicted octanol–water partition coefficient (Wildman–Crippen LogP) is 4.77. The maximum absolute atomic E-state index is 4.69. The van der Waals surface area contributed by atoms with Gasteiger partial charge in [0.2, 0.25) is 0 Å². The smallest absolute Gasteiger partial charge is 0.00928 e. The third kappa shape index (κ3) is 4.14. The van der Waals surface area contributed by atoms with Crippen molar-refractivity contribution in [3.05, 3.63) is 0 Å². The highest BCUT2D eigenvalue weighted by molar-refractivity contribution is 7.80. The molecule has 2 aliphatic rings. The minimum absolute atomic E-state index is 0.517. The fraction of sp³-hybridized carbons (Fsp3) is 1.00. The maximum Gasteiger partial charge on any atom is 0.00928 e. The largest absolute Gasteiger partial charge is 0.303 e. The Kier molecular flexibility index (Phi) is 5.28. The van der Waals surface area contributed by atoms with Crippen molar-refractivity contribution in [3.8, 4) is 0 Å². The lowest BCUT2D eigenvalue weighted by Crippen LogP contribution is -2.45. The van der Waals surface area contributed by atoms with Crippen LogP contribution in [0.5, 0.6) is 0 Å². The monoisotopic (exact) mass is 283 g/mol. The molecular formula is C17H33NS. The van der Waals surface area contributed by atoms with E-state index in [0.29, 0.717) is 10.8 Å². The molecule has 2 rings (SSSR count). The zero-order valence-electron chi connectivity index (χ0n) is 13.2. The van der Waals surface area contributed by atoms with Gasteiger partial charge in [-0.1, -0.05) is 33.1 Å². The summed E-state index contributed by atoms with van der Waals surface area (Å²) in [5.74, 6) is 1.08. The second-order valence-corrected chi connectivity index (χ2v) is 8.35. The molecular weight excluding hydrogens is 250 g/mol. The van der Waals surface area contributed by atoms with Gasteiger partial charge in [0.1, 0.15) is 0 Å². The molecule has 0 bridgehead atoms. The van der Waals surface area contributed by atoms with Crippen molar-refractivity contribution in [2.45, 2.75) is 77.7 Å². The second-order valence-electron chi connectivity index (χ2n) is 8.03. The van der Waals surface area contributed by atoms with Crippen LogP contribution in [-0.2, 0) is 0 Å². The van der Waals surface area contributed by atoms with Gasteiger partial charge >= 0.3 is 0 Å². The summed E-state index contributed by atoms with van der Waals surface area (Å²) in [5.41, 5.74) is 1.10. The van der Waals surface area contributed by atoms with Crippen LogP contribution in [0.3, 0.4) is 0 Å². The second kappa shape index (κ2) is 6.39. The third-order valence-electron chi connectivity index (χ3n) is 5.77. The molecule has 19 heavy (non-hydrogen) atoms. The SMILES string of the molecule is CN(CC1(CS)CCCCC1)C1CCC(C)(C)CC1. The van der Waals surface area contributed by atoms with Crippen LogP contribution in [0.4, 0.5) is 0 Å². The zero-order chi connectivity index (χ0) is 13.9. The minimum atomic E-state index is 0.517. The molecule has 0 aromatic carbocycles. The Morgan fingerprint density at radius 1 is 1.00 bits per heavy atom. The molecule has 0 aliphatic heterocycles. The topological polar surface area (TPSA) is 3.24 Å². The van der Waals surface area contributed by atoms with Gasteiger partial charge in [-0.25, -0.2) is 0 Å². The van der Waals surface area contributed by atoms with E-state index in [0.717, 1.165) is 11.8 Å². The average Bonchev–Trinajstić information content (AvgIpc) is 2.39. The summed E-state index contributed by atoms with van der Waals surface area (Å²) in [7, 11) is 2.36. The molecule has 112 valence electrons. The van der Waals surface area contributed by atoms with Crippen LogP contribution in [-0.4, -0.2) is 30.3 Å². The molecule has 0 aromatic heterocycles. The Labute approximate surface area is 125 Å². The van der Waals surface area contributed by atoms with E-state index in [1.807, 2.05) is 0 Å². The summed E-state index contributed by atoms with van der Waals surface area (Å²) >= 11 is 4.69. The van der Waals surface area contributed by atoms with E-state index < -0.39 is 0 Å². The lowest BCUT2D eigenvalue weighted by Gasteiger charge is -2.44. The van der Waals surface area contributed by atoms with Crippen LogP contribution in [0.15, 0.2) is 0 Å². The standard InChI is InChI=1S/C17H33NS/c1-16(2)11-7-15(8-12-16)18(3)13-17(14-19)9-5-4-6-10-17/h15,19H,4-14H2,1-3H3. The minimum Gasteiger partial charge on any atom is -0.303 e. The number of nitrogens with zero attached hydrogens (tertiary/aromatic N) is 1. The van der Waals surface area contributed by atoms with E-state index >= 15 is 0 Å². The van der Waals surface area contributed by atoms with Crippen LogP contribution in [0.25, 0.3) is 0 Å². The fourth-order valence-corrected chi connectivity index (χ4v) is 4.57. The maximum atomic E-state index is 4.69. The molecule has 0 spiro atoms. The van der Waals surface area contributed by atoms with Gasteiger partial charge in [0.05, 0.1) is 0 Å². The van der Waals surface area contributed by atoms with Gasteiger partial charge in [-0.15, -0.1) is 0 Å². The van der Waals surface area contributed by atoms with Crippen LogP contribution in [0.2, 0.25) is 0 Å². The van der Waals surface area contributed by atoms with E-state index in [1.165, 1.54) is 64.3 Å². The summed E-state index contributed by atoms with van der Waals surface area (Å²) in [4.78, 5) is 2.68. The van der Waals surface area contributed by atoms with Crippen molar-refractivity contribution in [1.29, 1.82) is 0 Å². The van der Waals surface area contributed by atoms with Gasteiger partial charge in [-0.2, -0.15) is 12.6 Å². The summed E-state index contributed by atoms with van der Waals surface area (Å²) in [6, 6.07) is 0.826. The van der Waals surface area contributed by atoms with Crippen LogP contribution < -0.4 is 0 Å². The Hall–Kier alpha value is 0.310. The number of rotatable bonds is 4. The van der Waals surface area contributed by atoms with Gasteiger partial charge in [-0.3, -0.25) is 0 Å². The van der Waals surface area contributed by atoms with Crippen molar-refractivity contribution in [2.75, 3.05) is 19.3 Å². The quantitative estimate of drug-likeness (QED) is 0.728. The number of hydrogen-bond acceptors (Lipinski definition) is 2. The zero-order valence-corrected chi connectivity index (χ0v) is 14.1. The number of thiol groups is 1. The van der Waals surface area contributed by atoms with Gasteiger partial charge in [0, 0.05) is 12.6 Å². The van der Waals surface area contributed by atoms with Gasteiger partial charge in [0.25, 0.3) is 0 Å². The molecule has 2 saturated carbocycles. The lowest BCUT2D eigenvalue weighted by atomic mass is 9.73. The first-order valence-corrected chi connectivity index (χ1v) is 8.91. The predicted molar refractivity (Wildman–Crippen MR) is 88.0 cm³/mol. The van der Waals surface area contributed by atoms with E-state index in [2.05, 4.69) is 38.4 Å². The molecule has 0 amide bonds. The molecule has 0 saturated heterocycles. The first kappa shape index (κ1) is 15.7. The normalized spacial score (nSPS) is 27.6. The van der Waals surface area contributed by atoms with Gasteiger partial charge in [-0.05, 0) is 62.2 Å². The van der Waals surface area contributed by atoms with Crippen molar-refractivity contribution in [2.24, 2.45) is 10.8 Å². The van der Waals surface area contributed by atoms with Crippen LogP contribution >= 0.6 is 12.6 Å². The summed E-state index contributed by atoms with van der Waals surface area (Å²) in [5, 5.41) is 0. The van der Waals surface area contributed by atoms with E-state index in [1.54, 1.807) is 0 Å². The average molecular weight is 284 g/mol. The molecule has 0 atom stereocenters. The first-order chi connectivity index (χ1) is 8.96. The molecule has 0 radical (unpaired) electrons. The highest BCUT2D eigenvalue weighted by atomic mass is 32.1. The van der Waals surface area contributed by atoms with Gasteiger partial charge in [0.15, 0.2) is 0 Å². The summed E-state index contributed by atoms with van der Waals surface area (Å²) in [6.45, 7) is 6.14. The van der Waals surface area contributed by atoms with Gasteiger partial charge < -0.3 is 4.90 Å². The molecule has 2 fully saturated rings. The molecule has 0 heterocycles. The molecule has 0 N–H and O–H groups in total. The van der Waals surface area contributed by atoms with Crippen LogP contribution in [0, 0.1) is 10.8 Å². The third-order valence-corrected chi connectivity index (χ3v) is 6.44. The molecule has 1 nitrogen and oxygen atoms in total. The Bertz CT molecular complexity index is 271. The van der Waals surface area contributed by atoms with Crippen molar-refractivity contribution in [1.82, 2.24) is 4.90 Å². The van der Waals surface area contributed by atoms with Crippen molar-refractivity contribution < 1.29 is 0 Å². The highest BCUT2D eigenvalue weighted by Crippen LogP contribution is 2.41. The van der Waals surface area contributed by atoms with E-state index in [9.17, 15) is 0 Å². The summed E-state index contributed by atoms with van der Waals surface area (Å²) < 4.78 is 0. The van der Waals surface area contributed by atoms with Crippen LogP contribution in [0.1, 0.15) is 71.6 Å². The van der Waals surface area contributed by atoms with Crippen molar-refractivity contribution in [3.63, 3.8) is 0 Å². The fourth-order valence-electron chi connectivity index (χ4n) is 4.15. The number of hydrogen-bond donors (Lipinski definition) is 1. The van der Waals surface area contributed by atoms with E-state index in [4.69, 9.17) is 0 Å². The lowest BCUT2D eigenvalue weighted by molar-refractivity contribution is 0.0745.